The van der Waals surface area contributed by atoms with Gasteiger partial charge in [0.2, 0.25) is 5.91 Å². The summed E-state index contributed by atoms with van der Waals surface area (Å²) in [6.07, 6.45) is -4.93. The minimum atomic E-state index is -4.68. The van der Waals surface area contributed by atoms with Crippen LogP contribution in [-0.4, -0.2) is 41.6 Å². The quantitative estimate of drug-likeness (QED) is 0.525. The number of aliphatic carboxylic acids is 1. The summed E-state index contributed by atoms with van der Waals surface area (Å²) in [5.74, 6) is -5.48. The van der Waals surface area contributed by atoms with Gasteiger partial charge in [0.1, 0.15) is 23.5 Å². The first-order valence-electron chi connectivity index (χ1n) is 9.27. The molecule has 1 aliphatic rings. The van der Waals surface area contributed by atoms with Crippen LogP contribution in [0, 0.1) is 24.5 Å². The Morgan fingerprint density at radius 2 is 1.84 bits per heavy atom. The number of rotatable bonds is 4. The third-order valence-electron chi connectivity index (χ3n) is 5.18. The van der Waals surface area contributed by atoms with Gasteiger partial charge in [-0.05, 0) is 31.5 Å². The normalized spacial score (nSPS) is 18.7. The van der Waals surface area contributed by atoms with Crippen LogP contribution in [0.3, 0.4) is 0 Å². The maximum absolute atomic E-state index is 14.3. The van der Waals surface area contributed by atoms with Gasteiger partial charge < -0.3 is 14.9 Å². The number of pyridine rings is 1. The first-order valence-corrected chi connectivity index (χ1v) is 9.64. The number of anilines is 2. The van der Waals surface area contributed by atoms with E-state index in [4.69, 9.17) is 11.6 Å². The summed E-state index contributed by atoms with van der Waals surface area (Å²) in [5, 5.41) is 8.97. The van der Waals surface area contributed by atoms with Crippen molar-refractivity contribution in [3.05, 3.63) is 52.2 Å². The maximum Gasteiger partial charge on any atom is 0.416 e. The number of hydrogen-bond donors (Lipinski definition) is 1. The molecule has 0 saturated carbocycles. The van der Waals surface area contributed by atoms with Crippen molar-refractivity contribution in [1.29, 1.82) is 0 Å². The molecule has 0 aliphatic carbocycles. The molecule has 172 valence electrons. The van der Waals surface area contributed by atoms with E-state index in [1.807, 2.05) is 0 Å². The van der Waals surface area contributed by atoms with Gasteiger partial charge in [0.15, 0.2) is 0 Å². The number of amides is 1. The van der Waals surface area contributed by atoms with Gasteiger partial charge in [-0.2, -0.15) is 13.2 Å². The molecular weight excluding hydrogens is 461 g/mol. The van der Waals surface area contributed by atoms with Crippen molar-refractivity contribution >= 4 is 35.0 Å². The summed E-state index contributed by atoms with van der Waals surface area (Å²) >= 11 is 5.68. The number of likely N-dealkylation sites (N-methyl/N-ethyl adjacent to an activating group) is 1. The van der Waals surface area contributed by atoms with Crippen molar-refractivity contribution in [1.82, 2.24) is 4.98 Å². The number of carboxylic acid groups (broad SMARTS) is 1. The second-order valence-corrected chi connectivity index (χ2v) is 7.81. The Bertz CT molecular complexity index is 1080. The predicted octanol–water partition coefficient (Wildman–Crippen LogP) is 4.28. The summed E-state index contributed by atoms with van der Waals surface area (Å²) in [6.45, 7) is 1.06. The van der Waals surface area contributed by atoms with Crippen molar-refractivity contribution < 1.29 is 36.6 Å². The molecule has 1 N–H and O–H groups in total. The first-order chi connectivity index (χ1) is 14.8. The van der Waals surface area contributed by atoms with Gasteiger partial charge in [0, 0.05) is 25.4 Å². The van der Waals surface area contributed by atoms with Crippen molar-refractivity contribution in [2.24, 2.45) is 5.92 Å². The number of hydrogen-bond acceptors (Lipinski definition) is 4. The number of carbonyl (C=O) groups is 2. The van der Waals surface area contributed by atoms with Crippen LogP contribution in [0.4, 0.5) is 33.5 Å². The SMILES string of the molecule is Cc1cc(C(F)(F)F)cc(N2CC(C(=O)O)CC2C(=O)N(C)c2cc(Cl)c(F)cc2F)n1. The van der Waals surface area contributed by atoms with Crippen molar-refractivity contribution in [3.8, 4) is 0 Å². The van der Waals surface area contributed by atoms with E-state index in [1.54, 1.807) is 0 Å². The first kappa shape index (κ1) is 23.7. The number of carboxylic acids is 1. The molecule has 1 aromatic heterocycles. The Labute approximate surface area is 184 Å². The minimum absolute atomic E-state index is 0.0181. The van der Waals surface area contributed by atoms with Gasteiger partial charge in [0.25, 0.3) is 0 Å². The second kappa shape index (κ2) is 8.53. The van der Waals surface area contributed by atoms with Crippen LogP contribution < -0.4 is 9.80 Å². The molecule has 2 unspecified atom stereocenters. The Morgan fingerprint density at radius 1 is 1.19 bits per heavy atom. The molecule has 3 rings (SSSR count). The number of nitrogens with zero attached hydrogens (tertiary/aromatic N) is 3. The number of benzene rings is 1. The third-order valence-corrected chi connectivity index (χ3v) is 5.47. The van der Waals surface area contributed by atoms with Crippen molar-refractivity contribution in [2.75, 3.05) is 23.4 Å². The summed E-state index contributed by atoms with van der Waals surface area (Å²) in [6, 6.07) is 1.69. The van der Waals surface area contributed by atoms with Crippen LogP contribution >= 0.6 is 11.6 Å². The Hall–Kier alpha value is -2.95. The lowest BCUT2D eigenvalue weighted by atomic mass is 10.1. The molecule has 0 bridgehead atoms. The van der Waals surface area contributed by atoms with E-state index >= 15 is 0 Å². The zero-order valence-corrected chi connectivity index (χ0v) is 17.5. The fraction of sp³-hybridized carbons (Fsp3) is 0.350. The minimum Gasteiger partial charge on any atom is -0.481 e. The van der Waals surface area contributed by atoms with E-state index in [9.17, 15) is 36.6 Å². The number of aryl methyl sites for hydroxylation is 1. The standard InChI is InChI=1S/C20H17ClF5N3O3/c1-9-3-11(20(24,25)26)5-17(27-9)29-8-10(19(31)32)4-16(29)18(30)28(2)15-6-12(21)13(22)7-14(15)23/h3,5-7,10,16H,4,8H2,1-2H3,(H,31,32). The number of alkyl halides is 3. The smallest absolute Gasteiger partial charge is 0.416 e. The zero-order valence-electron chi connectivity index (χ0n) is 16.8. The lowest BCUT2D eigenvalue weighted by molar-refractivity contribution is -0.141. The Balaban J connectivity index is 2.02. The highest BCUT2D eigenvalue weighted by Gasteiger charge is 2.43. The van der Waals surface area contributed by atoms with E-state index in [0.717, 1.165) is 28.0 Å². The van der Waals surface area contributed by atoms with Gasteiger partial charge in [0.05, 0.1) is 22.2 Å². The van der Waals surface area contributed by atoms with E-state index in [1.165, 1.54) is 14.0 Å². The fourth-order valence-electron chi connectivity index (χ4n) is 3.58. The summed E-state index contributed by atoms with van der Waals surface area (Å²) < 4.78 is 67.5. The highest BCUT2D eigenvalue weighted by Crippen LogP contribution is 2.36. The van der Waals surface area contributed by atoms with Gasteiger partial charge in [-0.1, -0.05) is 11.6 Å². The lowest BCUT2D eigenvalue weighted by Gasteiger charge is -2.29. The maximum atomic E-state index is 14.3. The highest BCUT2D eigenvalue weighted by atomic mass is 35.5. The highest BCUT2D eigenvalue weighted by molar-refractivity contribution is 6.31. The van der Waals surface area contributed by atoms with Gasteiger partial charge >= 0.3 is 12.1 Å². The predicted molar refractivity (Wildman–Crippen MR) is 106 cm³/mol. The van der Waals surface area contributed by atoms with E-state index < -0.39 is 52.2 Å². The van der Waals surface area contributed by atoms with Crippen molar-refractivity contribution in [2.45, 2.75) is 25.6 Å². The molecule has 0 spiro atoms. The van der Waals surface area contributed by atoms with Crippen LogP contribution in [-0.2, 0) is 15.8 Å². The fourth-order valence-corrected chi connectivity index (χ4v) is 3.73. The molecular formula is C20H17ClF5N3O3. The van der Waals surface area contributed by atoms with Gasteiger partial charge in [-0.3, -0.25) is 9.59 Å². The Morgan fingerprint density at radius 3 is 2.44 bits per heavy atom. The third kappa shape index (κ3) is 4.62. The molecule has 12 heteroatoms. The molecule has 1 amide bonds. The molecule has 6 nitrogen and oxygen atoms in total. The molecule has 1 fully saturated rings. The Kier molecular flexibility index (Phi) is 6.32. The second-order valence-electron chi connectivity index (χ2n) is 7.41. The molecule has 1 aromatic carbocycles. The molecule has 32 heavy (non-hydrogen) atoms. The zero-order chi connectivity index (χ0) is 24.0. The largest absolute Gasteiger partial charge is 0.481 e. The number of carbonyl (C=O) groups excluding carboxylic acids is 1. The molecule has 2 aromatic rings. The topological polar surface area (TPSA) is 73.7 Å². The summed E-state index contributed by atoms with van der Waals surface area (Å²) in [7, 11) is 1.17. The summed E-state index contributed by atoms with van der Waals surface area (Å²) in [5.41, 5.74) is -1.35. The number of halogens is 6. The molecule has 1 aliphatic heterocycles. The monoisotopic (exact) mass is 477 g/mol. The van der Waals surface area contributed by atoms with Crippen LogP contribution in [0.5, 0.6) is 0 Å². The average Bonchev–Trinajstić information content (AvgIpc) is 3.14. The summed E-state index contributed by atoms with van der Waals surface area (Å²) in [4.78, 5) is 30.7. The van der Waals surface area contributed by atoms with Crippen LogP contribution in [0.25, 0.3) is 0 Å². The van der Waals surface area contributed by atoms with Crippen LogP contribution in [0.1, 0.15) is 17.7 Å². The van der Waals surface area contributed by atoms with E-state index in [0.29, 0.717) is 6.07 Å². The average molecular weight is 478 g/mol. The van der Waals surface area contributed by atoms with E-state index in [-0.39, 0.29) is 30.2 Å². The van der Waals surface area contributed by atoms with Gasteiger partial charge in [-0.25, -0.2) is 13.8 Å². The molecule has 1 saturated heterocycles. The van der Waals surface area contributed by atoms with Crippen LogP contribution in [0.15, 0.2) is 24.3 Å². The van der Waals surface area contributed by atoms with Gasteiger partial charge in [-0.15, -0.1) is 0 Å². The molecule has 2 heterocycles. The molecule has 2 atom stereocenters. The lowest BCUT2D eigenvalue weighted by Crippen LogP contribution is -2.45. The molecule has 0 radical (unpaired) electrons. The number of aromatic nitrogens is 1. The van der Waals surface area contributed by atoms with E-state index in [2.05, 4.69) is 4.98 Å². The van der Waals surface area contributed by atoms with Crippen molar-refractivity contribution in [3.63, 3.8) is 0 Å². The van der Waals surface area contributed by atoms with Crippen LogP contribution in [0.2, 0.25) is 5.02 Å².